The van der Waals surface area contributed by atoms with Crippen LogP contribution in [0, 0.1) is 0 Å². The van der Waals surface area contributed by atoms with Crippen molar-refractivity contribution in [2.45, 2.75) is 18.4 Å². The van der Waals surface area contributed by atoms with Crippen LogP contribution in [0.2, 0.25) is 0 Å². The lowest BCUT2D eigenvalue weighted by molar-refractivity contribution is 0.107. The van der Waals surface area contributed by atoms with Crippen LogP contribution in [-0.2, 0) is 15.4 Å². The zero-order chi connectivity index (χ0) is 10.9. The summed E-state index contributed by atoms with van der Waals surface area (Å²) in [6.45, 7) is -0.0653. The second-order valence-electron chi connectivity index (χ2n) is 3.98. The van der Waals surface area contributed by atoms with E-state index in [1.54, 1.807) is 23.1 Å². The topological polar surface area (TPSA) is 72.2 Å². The molecule has 0 atom stereocenters. The average molecular weight is 230 g/mol. The monoisotopic (exact) mass is 230 g/mol. The van der Waals surface area contributed by atoms with Gasteiger partial charge in [0.1, 0.15) is 0 Å². The van der Waals surface area contributed by atoms with Gasteiger partial charge in [0.2, 0.25) is 0 Å². The van der Waals surface area contributed by atoms with Crippen molar-refractivity contribution in [3.8, 4) is 0 Å². The fourth-order valence-electron chi connectivity index (χ4n) is 1.93. The molecule has 2 rings (SSSR count). The SMILES string of the molecule is O=S1(=O)CCC(CO)(n2cccn2)CC1. The van der Waals surface area contributed by atoms with E-state index in [-0.39, 0.29) is 18.1 Å². The summed E-state index contributed by atoms with van der Waals surface area (Å²) >= 11 is 0. The molecular formula is C9H14N2O3S. The molecule has 0 radical (unpaired) electrons. The van der Waals surface area contributed by atoms with Gasteiger partial charge in [0.05, 0.1) is 23.7 Å². The zero-order valence-electron chi connectivity index (χ0n) is 8.33. The number of hydrogen-bond acceptors (Lipinski definition) is 4. The quantitative estimate of drug-likeness (QED) is 0.762. The Hall–Kier alpha value is -0.880. The van der Waals surface area contributed by atoms with Crippen LogP contribution in [0.4, 0.5) is 0 Å². The first-order valence-corrected chi connectivity index (χ1v) is 6.72. The van der Waals surface area contributed by atoms with Crippen molar-refractivity contribution in [3.05, 3.63) is 18.5 Å². The van der Waals surface area contributed by atoms with Crippen molar-refractivity contribution in [1.29, 1.82) is 0 Å². The molecule has 5 nitrogen and oxygen atoms in total. The smallest absolute Gasteiger partial charge is 0.150 e. The molecule has 0 spiro atoms. The largest absolute Gasteiger partial charge is 0.394 e. The van der Waals surface area contributed by atoms with E-state index < -0.39 is 15.4 Å². The summed E-state index contributed by atoms with van der Waals surface area (Å²) in [5.74, 6) is 0.265. The first kappa shape index (κ1) is 10.6. The molecule has 0 bridgehead atoms. The van der Waals surface area contributed by atoms with Crippen molar-refractivity contribution in [2.75, 3.05) is 18.1 Å². The van der Waals surface area contributed by atoms with Gasteiger partial charge >= 0.3 is 0 Å². The summed E-state index contributed by atoms with van der Waals surface area (Å²) in [5, 5.41) is 13.5. The van der Waals surface area contributed by atoms with Gasteiger partial charge in [-0.25, -0.2) is 8.42 Å². The standard InChI is InChI=1S/C9H14N2O3S/c12-8-9(11-5-1-4-10-11)2-6-15(13,14)7-3-9/h1,4-5,12H,2-3,6-8H2. The third-order valence-electron chi connectivity index (χ3n) is 3.04. The molecule has 1 N–H and O–H groups in total. The average Bonchev–Trinajstić information content (AvgIpc) is 2.72. The van der Waals surface area contributed by atoms with Gasteiger partial charge in [-0.1, -0.05) is 0 Å². The second kappa shape index (κ2) is 3.61. The highest BCUT2D eigenvalue weighted by Crippen LogP contribution is 2.30. The molecule has 0 unspecified atom stereocenters. The molecule has 1 aliphatic rings. The minimum Gasteiger partial charge on any atom is -0.394 e. The van der Waals surface area contributed by atoms with E-state index in [4.69, 9.17) is 0 Å². The Bertz CT molecular complexity index is 410. The van der Waals surface area contributed by atoms with Crippen LogP contribution < -0.4 is 0 Å². The lowest BCUT2D eigenvalue weighted by atomic mass is 9.94. The van der Waals surface area contributed by atoms with Crippen LogP contribution in [0.5, 0.6) is 0 Å². The molecule has 1 fully saturated rings. The molecule has 0 amide bonds. The zero-order valence-corrected chi connectivity index (χ0v) is 9.15. The summed E-state index contributed by atoms with van der Waals surface area (Å²) in [7, 11) is -2.91. The molecule has 1 aromatic rings. The van der Waals surface area contributed by atoms with Gasteiger partial charge in [-0.05, 0) is 18.9 Å². The molecule has 15 heavy (non-hydrogen) atoms. The summed E-state index contributed by atoms with van der Waals surface area (Å²) in [6.07, 6.45) is 4.29. The maximum Gasteiger partial charge on any atom is 0.150 e. The molecule has 2 heterocycles. The summed E-state index contributed by atoms with van der Waals surface area (Å²) in [6, 6.07) is 1.78. The Labute approximate surface area is 88.6 Å². The van der Waals surface area contributed by atoms with E-state index in [2.05, 4.69) is 5.10 Å². The highest BCUT2D eigenvalue weighted by Gasteiger charge is 2.38. The summed E-state index contributed by atoms with van der Waals surface area (Å²) < 4.78 is 24.3. The van der Waals surface area contributed by atoms with E-state index in [1.165, 1.54) is 0 Å². The van der Waals surface area contributed by atoms with E-state index in [9.17, 15) is 13.5 Å². The molecule has 0 saturated carbocycles. The number of aliphatic hydroxyl groups is 1. The Morgan fingerprint density at radius 3 is 2.53 bits per heavy atom. The van der Waals surface area contributed by atoms with Gasteiger partial charge in [-0.2, -0.15) is 5.10 Å². The van der Waals surface area contributed by atoms with Crippen molar-refractivity contribution in [3.63, 3.8) is 0 Å². The number of nitrogens with zero attached hydrogens (tertiary/aromatic N) is 2. The van der Waals surface area contributed by atoms with Crippen molar-refractivity contribution in [1.82, 2.24) is 9.78 Å². The van der Waals surface area contributed by atoms with Crippen LogP contribution in [0.25, 0.3) is 0 Å². The van der Waals surface area contributed by atoms with E-state index in [1.807, 2.05) is 0 Å². The van der Waals surface area contributed by atoms with Gasteiger partial charge in [0.15, 0.2) is 9.84 Å². The van der Waals surface area contributed by atoms with Crippen LogP contribution in [0.1, 0.15) is 12.8 Å². The highest BCUT2D eigenvalue weighted by molar-refractivity contribution is 7.91. The highest BCUT2D eigenvalue weighted by atomic mass is 32.2. The molecule has 6 heteroatoms. The lowest BCUT2D eigenvalue weighted by Gasteiger charge is -2.35. The van der Waals surface area contributed by atoms with E-state index >= 15 is 0 Å². The summed E-state index contributed by atoms with van der Waals surface area (Å²) in [5.41, 5.74) is -0.519. The van der Waals surface area contributed by atoms with Crippen LogP contribution in [0.3, 0.4) is 0 Å². The molecular weight excluding hydrogens is 216 g/mol. The Balaban J connectivity index is 2.26. The lowest BCUT2D eigenvalue weighted by Crippen LogP contribution is -2.45. The van der Waals surface area contributed by atoms with E-state index in [0.717, 1.165) is 0 Å². The number of hydrogen-bond donors (Lipinski definition) is 1. The van der Waals surface area contributed by atoms with Gasteiger partial charge in [0.25, 0.3) is 0 Å². The fourth-order valence-corrected chi connectivity index (χ4v) is 3.51. The number of aromatic nitrogens is 2. The molecule has 1 aliphatic heterocycles. The predicted octanol–water partition coefficient (Wildman–Crippen LogP) is -0.221. The summed E-state index contributed by atoms with van der Waals surface area (Å²) in [4.78, 5) is 0. The Morgan fingerprint density at radius 1 is 1.40 bits per heavy atom. The van der Waals surface area contributed by atoms with Crippen LogP contribution >= 0.6 is 0 Å². The molecule has 1 aromatic heterocycles. The Kier molecular flexibility index (Phi) is 2.56. The molecule has 84 valence electrons. The third kappa shape index (κ3) is 1.91. The van der Waals surface area contributed by atoms with Gasteiger partial charge in [-0.3, -0.25) is 4.68 Å². The van der Waals surface area contributed by atoms with Crippen LogP contribution in [0.15, 0.2) is 18.5 Å². The van der Waals surface area contributed by atoms with Crippen molar-refractivity contribution >= 4 is 9.84 Å². The third-order valence-corrected chi connectivity index (χ3v) is 4.69. The minimum absolute atomic E-state index is 0.0653. The predicted molar refractivity (Wildman–Crippen MR) is 55.2 cm³/mol. The second-order valence-corrected chi connectivity index (χ2v) is 6.29. The Morgan fingerprint density at radius 2 is 2.07 bits per heavy atom. The first-order chi connectivity index (χ1) is 7.08. The molecule has 1 saturated heterocycles. The van der Waals surface area contributed by atoms with Crippen molar-refractivity contribution < 1.29 is 13.5 Å². The number of sulfone groups is 1. The van der Waals surface area contributed by atoms with Gasteiger partial charge in [-0.15, -0.1) is 0 Å². The van der Waals surface area contributed by atoms with Gasteiger partial charge in [0, 0.05) is 12.4 Å². The number of rotatable bonds is 2. The van der Waals surface area contributed by atoms with E-state index in [0.29, 0.717) is 12.8 Å². The van der Waals surface area contributed by atoms with Crippen LogP contribution in [-0.4, -0.2) is 41.4 Å². The first-order valence-electron chi connectivity index (χ1n) is 4.89. The maximum absolute atomic E-state index is 11.3. The number of aliphatic hydroxyl groups excluding tert-OH is 1. The molecule has 0 aliphatic carbocycles. The fraction of sp³-hybridized carbons (Fsp3) is 0.667. The van der Waals surface area contributed by atoms with Gasteiger partial charge < -0.3 is 5.11 Å². The maximum atomic E-state index is 11.3. The minimum atomic E-state index is -2.91. The molecule has 0 aromatic carbocycles. The van der Waals surface area contributed by atoms with Crippen molar-refractivity contribution in [2.24, 2.45) is 0 Å². The normalized spacial score (nSPS) is 23.8.